The monoisotopic (exact) mass is 141 g/mol. The van der Waals surface area contributed by atoms with Gasteiger partial charge in [-0.1, -0.05) is 13.3 Å². The Balaban J connectivity index is 2.55. The summed E-state index contributed by atoms with van der Waals surface area (Å²) in [5.74, 6) is 6.83. The first-order valence-electron chi connectivity index (χ1n) is 3.79. The van der Waals surface area contributed by atoms with Crippen molar-refractivity contribution in [2.45, 2.75) is 26.2 Å². The van der Waals surface area contributed by atoms with E-state index in [1.165, 1.54) is 12.8 Å². The molecule has 0 aromatic rings. The fourth-order valence-electron chi connectivity index (χ4n) is 1.68. The molecule has 58 valence electrons. The molecule has 2 unspecified atom stereocenters. The van der Waals surface area contributed by atoms with Crippen LogP contribution < -0.4 is 11.6 Å². The molecule has 0 aromatic heterocycles. The van der Waals surface area contributed by atoms with Gasteiger partial charge in [0.25, 0.3) is 0 Å². The second-order valence-electron chi connectivity index (χ2n) is 3.07. The van der Waals surface area contributed by atoms with Crippen molar-refractivity contribution in [3.8, 4) is 0 Å². The van der Waals surface area contributed by atoms with Crippen LogP contribution in [0.25, 0.3) is 0 Å². The zero-order chi connectivity index (χ0) is 7.56. The molecule has 1 aliphatic carbocycles. The zero-order valence-corrected chi connectivity index (χ0v) is 6.38. The van der Waals surface area contributed by atoms with Gasteiger partial charge < -0.3 is 11.6 Å². The van der Waals surface area contributed by atoms with Crippen LogP contribution >= 0.6 is 0 Å². The summed E-state index contributed by atoms with van der Waals surface area (Å²) >= 11 is 0. The highest BCUT2D eigenvalue weighted by Crippen LogP contribution is 2.30. The molecular weight excluding hydrogens is 126 g/mol. The van der Waals surface area contributed by atoms with E-state index < -0.39 is 0 Å². The van der Waals surface area contributed by atoms with Crippen molar-refractivity contribution >= 4 is 5.84 Å². The lowest BCUT2D eigenvalue weighted by atomic mass is 9.97. The van der Waals surface area contributed by atoms with E-state index in [9.17, 15) is 0 Å². The maximum atomic E-state index is 5.59. The number of hydrogen-bond acceptors (Lipinski definition) is 2. The summed E-state index contributed by atoms with van der Waals surface area (Å²) in [6, 6.07) is 0. The van der Waals surface area contributed by atoms with E-state index in [1.807, 2.05) is 0 Å². The van der Waals surface area contributed by atoms with Gasteiger partial charge in [0.05, 0.1) is 0 Å². The van der Waals surface area contributed by atoms with Crippen LogP contribution in [0.4, 0.5) is 0 Å². The lowest BCUT2D eigenvalue weighted by molar-refractivity contribution is 0.526. The van der Waals surface area contributed by atoms with Gasteiger partial charge in [0.15, 0.2) is 0 Å². The summed E-state index contributed by atoms with van der Waals surface area (Å²) in [7, 11) is 0. The van der Waals surface area contributed by atoms with Gasteiger partial charge in [-0.05, 0) is 18.8 Å². The Kier molecular flexibility index (Phi) is 2.14. The van der Waals surface area contributed by atoms with E-state index in [-0.39, 0.29) is 0 Å². The molecule has 2 atom stereocenters. The van der Waals surface area contributed by atoms with Gasteiger partial charge in [-0.2, -0.15) is 5.10 Å². The molecule has 4 N–H and O–H groups in total. The first-order chi connectivity index (χ1) is 4.75. The molecule has 0 heterocycles. The van der Waals surface area contributed by atoms with E-state index in [4.69, 9.17) is 11.6 Å². The molecule has 1 saturated carbocycles. The smallest absolute Gasteiger partial charge is 0.122 e. The lowest BCUT2D eigenvalue weighted by Crippen LogP contribution is -2.26. The molecule has 0 bridgehead atoms. The van der Waals surface area contributed by atoms with Crippen LogP contribution in [0.3, 0.4) is 0 Å². The lowest BCUT2D eigenvalue weighted by Gasteiger charge is -2.12. The molecule has 0 saturated heterocycles. The molecule has 1 fully saturated rings. The Bertz CT molecular complexity index is 142. The van der Waals surface area contributed by atoms with Crippen molar-refractivity contribution in [3.63, 3.8) is 0 Å². The maximum absolute atomic E-state index is 5.59. The predicted molar refractivity (Wildman–Crippen MR) is 42.3 cm³/mol. The molecule has 1 aliphatic rings. The highest BCUT2D eigenvalue weighted by molar-refractivity contribution is 5.82. The van der Waals surface area contributed by atoms with Crippen molar-refractivity contribution < 1.29 is 0 Å². The quantitative estimate of drug-likeness (QED) is 0.244. The normalized spacial score (nSPS) is 34.7. The van der Waals surface area contributed by atoms with Crippen molar-refractivity contribution in [1.29, 1.82) is 0 Å². The Labute approximate surface area is 61.5 Å². The number of nitrogens with two attached hydrogens (primary N) is 2. The second-order valence-corrected chi connectivity index (χ2v) is 3.07. The summed E-state index contributed by atoms with van der Waals surface area (Å²) in [5.41, 5.74) is 5.59. The van der Waals surface area contributed by atoms with Gasteiger partial charge in [0.1, 0.15) is 5.84 Å². The van der Waals surface area contributed by atoms with Crippen molar-refractivity contribution in [2.24, 2.45) is 28.5 Å². The van der Waals surface area contributed by atoms with E-state index in [2.05, 4.69) is 12.0 Å². The Morgan fingerprint density at radius 2 is 2.20 bits per heavy atom. The molecule has 3 heteroatoms. The van der Waals surface area contributed by atoms with Gasteiger partial charge in [-0.25, -0.2) is 0 Å². The summed E-state index contributed by atoms with van der Waals surface area (Å²) in [6.07, 6.45) is 3.69. The second kappa shape index (κ2) is 2.90. The van der Waals surface area contributed by atoms with Crippen molar-refractivity contribution in [2.75, 3.05) is 0 Å². The minimum Gasteiger partial charge on any atom is -0.385 e. The Morgan fingerprint density at radius 1 is 1.50 bits per heavy atom. The average molecular weight is 141 g/mol. The summed E-state index contributed by atoms with van der Waals surface area (Å²) in [5, 5.41) is 3.52. The van der Waals surface area contributed by atoms with Crippen LogP contribution in [0, 0.1) is 11.8 Å². The minimum absolute atomic E-state index is 0.449. The Morgan fingerprint density at radius 3 is 2.60 bits per heavy atom. The van der Waals surface area contributed by atoms with Crippen LogP contribution in [-0.2, 0) is 0 Å². The number of hydrogen-bond donors (Lipinski definition) is 2. The molecule has 0 radical (unpaired) electrons. The van der Waals surface area contributed by atoms with Gasteiger partial charge in [0.2, 0.25) is 0 Å². The molecule has 3 nitrogen and oxygen atoms in total. The number of amidine groups is 1. The van der Waals surface area contributed by atoms with E-state index in [0.29, 0.717) is 17.7 Å². The number of hydrazone groups is 1. The minimum atomic E-state index is 0.449. The van der Waals surface area contributed by atoms with Gasteiger partial charge in [0, 0.05) is 5.92 Å². The number of rotatable bonds is 1. The van der Waals surface area contributed by atoms with E-state index in [0.717, 1.165) is 6.42 Å². The highest BCUT2D eigenvalue weighted by atomic mass is 15.2. The average Bonchev–Trinajstić information content (AvgIpc) is 2.34. The molecule has 0 amide bonds. The zero-order valence-electron chi connectivity index (χ0n) is 6.38. The fraction of sp³-hybridized carbons (Fsp3) is 0.857. The van der Waals surface area contributed by atoms with Crippen LogP contribution in [-0.4, -0.2) is 5.84 Å². The van der Waals surface area contributed by atoms with Gasteiger partial charge in [-0.15, -0.1) is 0 Å². The Hall–Kier alpha value is -0.730. The fourth-order valence-corrected chi connectivity index (χ4v) is 1.68. The van der Waals surface area contributed by atoms with Crippen molar-refractivity contribution in [1.82, 2.24) is 0 Å². The third-order valence-electron chi connectivity index (χ3n) is 2.39. The predicted octanol–water partition coefficient (Wildman–Crippen LogP) is 0.654. The van der Waals surface area contributed by atoms with Crippen LogP contribution in [0.1, 0.15) is 26.2 Å². The van der Waals surface area contributed by atoms with Crippen LogP contribution in [0.5, 0.6) is 0 Å². The summed E-state index contributed by atoms with van der Waals surface area (Å²) in [6.45, 7) is 2.20. The van der Waals surface area contributed by atoms with Gasteiger partial charge in [-0.3, -0.25) is 0 Å². The van der Waals surface area contributed by atoms with Gasteiger partial charge >= 0.3 is 0 Å². The van der Waals surface area contributed by atoms with E-state index >= 15 is 0 Å². The molecule has 1 rings (SSSR count). The topological polar surface area (TPSA) is 64.4 Å². The SMILES string of the molecule is CC1CCCC1C(N)=NN. The molecule has 10 heavy (non-hydrogen) atoms. The third-order valence-corrected chi connectivity index (χ3v) is 2.39. The molecule has 0 spiro atoms. The van der Waals surface area contributed by atoms with E-state index in [1.54, 1.807) is 0 Å². The maximum Gasteiger partial charge on any atom is 0.122 e. The first-order valence-corrected chi connectivity index (χ1v) is 3.79. The standard InChI is InChI=1S/C7H15N3/c1-5-3-2-4-6(5)7(8)10-9/h5-6H,2-4,9H2,1H3,(H2,8,10). The summed E-state index contributed by atoms with van der Waals surface area (Å²) in [4.78, 5) is 0. The third kappa shape index (κ3) is 1.23. The number of nitrogens with zero attached hydrogens (tertiary/aromatic N) is 1. The molecular formula is C7H15N3. The van der Waals surface area contributed by atoms with Crippen LogP contribution in [0.15, 0.2) is 5.10 Å². The molecule has 0 aliphatic heterocycles. The summed E-state index contributed by atoms with van der Waals surface area (Å²) < 4.78 is 0. The first kappa shape index (κ1) is 7.38. The highest BCUT2D eigenvalue weighted by Gasteiger charge is 2.26. The molecule has 0 aromatic carbocycles. The largest absolute Gasteiger partial charge is 0.385 e. The van der Waals surface area contributed by atoms with Crippen molar-refractivity contribution in [3.05, 3.63) is 0 Å². The van der Waals surface area contributed by atoms with Crippen LogP contribution in [0.2, 0.25) is 0 Å².